The smallest absolute Gasteiger partial charge is 0.354 e. The maximum absolute atomic E-state index is 12.3. The van der Waals surface area contributed by atoms with Gasteiger partial charge in [-0.3, -0.25) is 4.79 Å². The van der Waals surface area contributed by atoms with Crippen LogP contribution in [0, 0.1) is 0 Å². The molecular formula is C14H18N2O3. The van der Waals surface area contributed by atoms with Crippen LogP contribution in [-0.4, -0.2) is 40.0 Å². The quantitative estimate of drug-likeness (QED) is 0.906. The zero-order chi connectivity index (χ0) is 13.8. The first-order valence-corrected chi connectivity index (χ1v) is 6.57. The van der Waals surface area contributed by atoms with Gasteiger partial charge in [0.1, 0.15) is 11.4 Å². The number of aromatic nitrogens is 1. The molecule has 1 fully saturated rings. The Labute approximate surface area is 112 Å². The van der Waals surface area contributed by atoms with Gasteiger partial charge in [-0.25, -0.2) is 9.78 Å². The Morgan fingerprint density at radius 1 is 1.21 bits per heavy atom. The molecule has 0 spiro atoms. The van der Waals surface area contributed by atoms with Gasteiger partial charge < -0.3 is 10.0 Å². The molecule has 0 atom stereocenters. The average molecular weight is 262 g/mol. The molecule has 1 aromatic rings. The van der Waals surface area contributed by atoms with Crippen LogP contribution >= 0.6 is 0 Å². The highest BCUT2D eigenvalue weighted by molar-refractivity contribution is 5.94. The Balaban J connectivity index is 2.14. The zero-order valence-electron chi connectivity index (χ0n) is 11.0. The summed E-state index contributed by atoms with van der Waals surface area (Å²) < 4.78 is 0. The Morgan fingerprint density at radius 2 is 1.84 bits per heavy atom. The topological polar surface area (TPSA) is 70.5 Å². The van der Waals surface area contributed by atoms with Gasteiger partial charge >= 0.3 is 5.97 Å². The summed E-state index contributed by atoms with van der Waals surface area (Å²) in [5.74, 6) is -1.31. The first-order chi connectivity index (χ1) is 9.09. The van der Waals surface area contributed by atoms with Crippen molar-refractivity contribution < 1.29 is 14.7 Å². The molecule has 1 saturated carbocycles. The van der Waals surface area contributed by atoms with Crippen LogP contribution in [0.4, 0.5) is 0 Å². The molecule has 0 saturated heterocycles. The molecule has 1 amide bonds. The third-order valence-corrected chi connectivity index (χ3v) is 3.63. The summed E-state index contributed by atoms with van der Waals surface area (Å²) in [6, 6.07) is 4.75. The lowest BCUT2D eigenvalue weighted by atomic mass is 9.94. The maximum atomic E-state index is 12.3. The Kier molecular flexibility index (Phi) is 4.14. The fourth-order valence-corrected chi connectivity index (χ4v) is 2.49. The third-order valence-electron chi connectivity index (χ3n) is 3.63. The van der Waals surface area contributed by atoms with Crippen molar-refractivity contribution in [1.82, 2.24) is 9.88 Å². The molecule has 1 heterocycles. The minimum atomic E-state index is -1.12. The minimum absolute atomic E-state index is 0.0945. The summed E-state index contributed by atoms with van der Waals surface area (Å²) in [5.41, 5.74) is 0.107. The van der Waals surface area contributed by atoms with Crippen molar-refractivity contribution in [3.63, 3.8) is 0 Å². The molecule has 5 nitrogen and oxygen atoms in total. The molecule has 1 aliphatic rings. The van der Waals surface area contributed by atoms with E-state index in [4.69, 9.17) is 5.11 Å². The number of nitrogens with zero attached hydrogens (tertiary/aromatic N) is 2. The number of pyridine rings is 1. The van der Waals surface area contributed by atoms with Crippen LogP contribution in [0.2, 0.25) is 0 Å². The summed E-state index contributed by atoms with van der Waals surface area (Å²) in [7, 11) is 1.77. The molecule has 5 heteroatoms. The van der Waals surface area contributed by atoms with E-state index >= 15 is 0 Å². The zero-order valence-corrected chi connectivity index (χ0v) is 11.0. The van der Waals surface area contributed by atoms with E-state index in [9.17, 15) is 9.59 Å². The van der Waals surface area contributed by atoms with Crippen molar-refractivity contribution in [2.24, 2.45) is 0 Å². The Morgan fingerprint density at radius 3 is 2.47 bits per heavy atom. The predicted molar refractivity (Wildman–Crippen MR) is 70.2 cm³/mol. The lowest BCUT2D eigenvalue weighted by Gasteiger charge is -2.31. The number of aromatic carboxylic acids is 1. The summed E-state index contributed by atoms with van der Waals surface area (Å²) >= 11 is 0. The number of carboxylic acid groups (broad SMARTS) is 1. The molecule has 1 aliphatic carbocycles. The van der Waals surface area contributed by atoms with Crippen molar-refractivity contribution in [1.29, 1.82) is 0 Å². The average Bonchev–Trinajstić information content (AvgIpc) is 2.46. The van der Waals surface area contributed by atoms with Crippen molar-refractivity contribution in [3.8, 4) is 0 Å². The Bertz CT molecular complexity index is 481. The number of carboxylic acids is 1. The second kappa shape index (κ2) is 5.82. The molecular weight excluding hydrogens is 244 g/mol. The number of carbonyl (C=O) groups excluding carboxylic acids is 1. The molecule has 19 heavy (non-hydrogen) atoms. The van der Waals surface area contributed by atoms with Gasteiger partial charge in [-0.05, 0) is 25.0 Å². The van der Waals surface area contributed by atoms with Crippen LogP contribution in [0.25, 0.3) is 0 Å². The number of rotatable bonds is 3. The number of carbonyl (C=O) groups is 2. The van der Waals surface area contributed by atoms with E-state index < -0.39 is 5.97 Å². The fraction of sp³-hybridized carbons (Fsp3) is 0.500. The standard InChI is InChI=1S/C14H18N2O3/c1-16(10-6-3-2-4-7-10)13(17)11-8-5-9-12(15-11)14(18)19/h5,8-10H,2-4,6-7H2,1H3,(H,18,19). The van der Waals surface area contributed by atoms with Gasteiger partial charge in [0.2, 0.25) is 0 Å². The van der Waals surface area contributed by atoms with Gasteiger partial charge in [-0.1, -0.05) is 25.3 Å². The first-order valence-electron chi connectivity index (χ1n) is 6.57. The van der Waals surface area contributed by atoms with E-state index in [1.165, 1.54) is 12.5 Å². The Hall–Kier alpha value is -1.91. The molecule has 2 rings (SSSR count). The molecule has 1 aromatic heterocycles. The van der Waals surface area contributed by atoms with E-state index in [1.807, 2.05) is 0 Å². The summed E-state index contributed by atoms with van der Waals surface area (Å²) in [6.45, 7) is 0. The number of amides is 1. The van der Waals surface area contributed by atoms with Gasteiger partial charge in [0, 0.05) is 13.1 Å². The maximum Gasteiger partial charge on any atom is 0.354 e. The molecule has 0 bridgehead atoms. The molecule has 0 radical (unpaired) electrons. The number of hydrogen-bond donors (Lipinski definition) is 1. The van der Waals surface area contributed by atoms with Crippen molar-refractivity contribution in [2.75, 3.05) is 7.05 Å². The van der Waals surface area contributed by atoms with E-state index in [2.05, 4.69) is 4.98 Å². The second-order valence-corrected chi connectivity index (χ2v) is 4.92. The van der Waals surface area contributed by atoms with Crippen LogP contribution < -0.4 is 0 Å². The van der Waals surface area contributed by atoms with E-state index in [-0.39, 0.29) is 23.3 Å². The van der Waals surface area contributed by atoms with Gasteiger partial charge in [-0.15, -0.1) is 0 Å². The molecule has 102 valence electrons. The molecule has 0 aliphatic heterocycles. The van der Waals surface area contributed by atoms with E-state index in [0.717, 1.165) is 25.7 Å². The summed E-state index contributed by atoms with van der Waals surface area (Å²) in [5, 5.41) is 8.89. The van der Waals surface area contributed by atoms with Gasteiger partial charge in [0.05, 0.1) is 0 Å². The second-order valence-electron chi connectivity index (χ2n) is 4.92. The SMILES string of the molecule is CN(C(=O)c1cccc(C(=O)O)n1)C1CCCCC1. The lowest BCUT2D eigenvalue weighted by molar-refractivity contribution is 0.0683. The minimum Gasteiger partial charge on any atom is -0.477 e. The van der Waals surface area contributed by atoms with Gasteiger partial charge in [0.15, 0.2) is 0 Å². The highest BCUT2D eigenvalue weighted by Crippen LogP contribution is 2.22. The van der Waals surface area contributed by atoms with E-state index in [1.54, 1.807) is 24.1 Å². The summed E-state index contributed by atoms with van der Waals surface area (Å²) in [4.78, 5) is 28.7. The fourth-order valence-electron chi connectivity index (χ4n) is 2.49. The van der Waals surface area contributed by atoms with Crippen LogP contribution in [0.3, 0.4) is 0 Å². The largest absolute Gasteiger partial charge is 0.477 e. The van der Waals surface area contributed by atoms with Crippen LogP contribution in [0.1, 0.15) is 53.1 Å². The van der Waals surface area contributed by atoms with Gasteiger partial charge in [-0.2, -0.15) is 0 Å². The normalized spacial score (nSPS) is 16.1. The summed E-state index contributed by atoms with van der Waals surface area (Å²) in [6.07, 6.45) is 5.54. The van der Waals surface area contributed by atoms with Crippen molar-refractivity contribution >= 4 is 11.9 Å². The van der Waals surface area contributed by atoms with Crippen LogP contribution in [-0.2, 0) is 0 Å². The number of hydrogen-bond acceptors (Lipinski definition) is 3. The molecule has 0 aromatic carbocycles. The van der Waals surface area contributed by atoms with Crippen molar-refractivity contribution in [3.05, 3.63) is 29.6 Å². The predicted octanol–water partition coefficient (Wildman–Crippen LogP) is 2.18. The molecule has 1 N–H and O–H groups in total. The van der Waals surface area contributed by atoms with Gasteiger partial charge in [0.25, 0.3) is 5.91 Å². The highest BCUT2D eigenvalue weighted by atomic mass is 16.4. The highest BCUT2D eigenvalue weighted by Gasteiger charge is 2.24. The molecule has 0 unspecified atom stereocenters. The third kappa shape index (κ3) is 3.10. The first kappa shape index (κ1) is 13.5. The van der Waals surface area contributed by atoms with Crippen LogP contribution in [0.5, 0.6) is 0 Å². The van der Waals surface area contributed by atoms with E-state index in [0.29, 0.717) is 0 Å². The monoisotopic (exact) mass is 262 g/mol. The van der Waals surface area contributed by atoms with Crippen molar-refractivity contribution in [2.45, 2.75) is 38.1 Å². The van der Waals surface area contributed by atoms with Crippen LogP contribution in [0.15, 0.2) is 18.2 Å². The lowest BCUT2D eigenvalue weighted by Crippen LogP contribution is -2.38.